The monoisotopic (exact) mass is 298 g/mol. The number of hydrogen-bond acceptors (Lipinski definition) is 1. The van der Waals surface area contributed by atoms with Gasteiger partial charge in [-0.2, -0.15) is 0 Å². The zero-order valence-electron chi connectivity index (χ0n) is 10.3. The van der Waals surface area contributed by atoms with Crippen LogP contribution in [0.4, 0.5) is 4.39 Å². The zero-order valence-corrected chi connectivity index (χ0v) is 11.8. The first-order chi connectivity index (χ1) is 8.97. The van der Waals surface area contributed by atoms with Crippen LogP contribution in [0.3, 0.4) is 0 Å². The summed E-state index contributed by atoms with van der Waals surface area (Å²) in [5.74, 6) is -0.460. The minimum Gasteiger partial charge on any atom is -0.388 e. The quantitative estimate of drug-likeness (QED) is 0.869. The van der Waals surface area contributed by atoms with Gasteiger partial charge in [0.15, 0.2) is 0 Å². The van der Waals surface area contributed by atoms with Gasteiger partial charge in [0, 0.05) is 11.4 Å². The van der Waals surface area contributed by atoms with Gasteiger partial charge in [0.05, 0.1) is 11.1 Å². The first kappa shape index (κ1) is 14.3. The van der Waals surface area contributed by atoms with Crippen molar-refractivity contribution in [2.45, 2.75) is 19.4 Å². The molecule has 0 spiro atoms. The molecule has 0 aliphatic rings. The smallest absolute Gasteiger partial charge is 0.141 e. The van der Waals surface area contributed by atoms with Crippen LogP contribution in [0.1, 0.15) is 22.8 Å². The van der Waals surface area contributed by atoms with E-state index in [1.807, 2.05) is 19.1 Å². The molecule has 0 amide bonds. The lowest BCUT2D eigenvalue weighted by Crippen LogP contribution is -2.02. The van der Waals surface area contributed by atoms with Crippen molar-refractivity contribution in [2.24, 2.45) is 0 Å². The molecule has 0 aliphatic heterocycles. The second kappa shape index (κ2) is 5.91. The molecule has 0 saturated carbocycles. The SMILES string of the molecule is Cc1ccc(C(O)Cc2ccc(F)c(Cl)c2)cc1Cl. The van der Waals surface area contributed by atoms with E-state index in [1.54, 1.807) is 12.1 Å². The van der Waals surface area contributed by atoms with E-state index in [-0.39, 0.29) is 5.02 Å². The minimum absolute atomic E-state index is 0.0617. The van der Waals surface area contributed by atoms with Crippen LogP contribution >= 0.6 is 23.2 Å². The molecule has 0 fully saturated rings. The van der Waals surface area contributed by atoms with E-state index in [2.05, 4.69) is 0 Å². The molecule has 0 saturated heterocycles. The summed E-state index contributed by atoms with van der Waals surface area (Å²) in [7, 11) is 0. The number of aliphatic hydroxyl groups is 1. The van der Waals surface area contributed by atoms with E-state index < -0.39 is 11.9 Å². The van der Waals surface area contributed by atoms with Gasteiger partial charge in [0.25, 0.3) is 0 Å². The fraction of sp³-hybridized carbons (Fsp3) is 0.200. The van der Waals surface area contributed by atoms with Crippen LogP contribution in [-0.2, 0) is 6.42 Å². The van der Waals surface area contributed by atoms with Gasteiger partial charge in [0.1, 0.15) is 5.82 Å². The number of aliphatic hydroxyl groups excluding tert-OH is 1. The molecular weight excluding hydrogens is 286 g/mol. The molecule has 0 aromatic heterocycles. The molecule has 2 aromatic carbocycles. The van der Waals surface area contributed by atoms with Crippen molar-refractivity contribution < 1.29 is 9.50 Å². The largest absolute Gasteiger partial charge is 0.388 e. The fourth-order valence-electron chi connectivity index (χ4n) is 1.82. The van der Waals surface area contributed by atoms with Gasteiger partial charge >= 0.3 is 0 Å². The molecule has 19 heavy (non-hydrogen) atoms. The van der Waals surface area contributed by atoms with Crippen LogP contribution in [0.15, 0.2) is 36.4 Å². The third-order valence-electron chi connectivity index (χ3n) is 2.99. The summed E-state index contributed by atoms with van der Waals surface area (Å²) in [6, 6.07) is 9.87. The lowest BCUT2D eigenvalue weighted by Gasteiger charge is -2.12. The normalized spacial score (nSPS) is 12.5. The van der Waals surface area contributed by atoms with E-state index in [4.69, 9.17) is 23.2 Å². The molecule has 100 valence electrons. The maximum Gasteiger partial charge on any atom is 0.141 e. The van der Waals surface area contributed by atoms with E-state index >= 15 is 0 Å². The Morgan fingerprint density at radius 2 is 1.84 bits per heavy atom. The average Bonchev–Trinajstić information content (AvgIpc) is 2.37. The summed E-state index contributed by atoms with van der Waals surface area (Å²) < 4.78 is 13.0. The first-order valence-corrected chi connectivity index (χ1v) is 6.61. The summed E-state index contributed by atoms with van der Waals surface area (Å²) in [6.07, 6.45) is -0.334. The van der Waals surface area contributed by atoms with Crippen LogP contribution in [-0.4, -0.2) is 5.11 Å². The topological polar surface area (TPSA) is 20.2 Å². The van der Waals surface area contributed by atoms with E-state index in [1.165, 1.54) is 12.1 Å². The molecule has 4 heteroatoms. The lowest BCUT2D eigenvalue weighted by atomic mass is 10.0. The number of halogens is 3. The summed E-state index contributed by atoms with van der Waals surface area (Å²) in [6.45, 7) is 1.90. The van der Waals surface area contributed by atoms with Crippen molar-refractivity contribution in [3.05, 3.63) is 69.0 Å². The highest BCUT2D eigenvalue weighted by Gasteiger charge is 2.11. The highest BCUT2D eigenvalue weighted by Crippen LogP contribution is 2.25. The molecule has 0 bridgehead atoms. The van der Waals surface area contributed by atoms with E-state index in [0.717, 1.165) is 16.7 Å². The molecule has 0 aliphatic carbocycles. The molecule has 2 rings (SSSR count). The molecule has 1 unspecified atom stereocenters. The van der Waals surface area contributed by atoms with E-state index in [0.29, 0.717) is 11.4 Å². The predicted octanol–water partition coefficient (Wildman–Crippen LogP) is 4.72. The summed E-state index contributed by atoms with van der Waals surface area (Å²) >= 11 is 11.7. The zero-order chi connectivity index (χ0) is 14.0. The van der Waals surface area contributed by atoms with Gasteiger partial charge < -0.3 is 5.11 Å². The van der Waals surface area contributed by atoms with Gasteiger partial charge in [-0.05, 0) is 41.8 Å². The Morgan fingerprint density at radius 1 is 1.11 bits per heavy atom. The summed E-state index contributed by atoms with van der Waals surface area (Å²) in [4.78, 5) is 0. The van der Waals surface area contributed by atoms with Gasteiger partial charge in [0.2, 0.25) is 0 Å². The maximum atomic E-state index is 13.0. The Labute approximate surface area is 121 Å². The maximum absolute atomic E-state index is 13.0. The Morgan fingerprint density at radius 3 is 2.47 bits per heavy atom. The lowest BCUT2D eigenvalue weighted by molar-refractivity contribution is 0.178. The van der Waals surface area contributed by atoms with Crippen molar-refractivity contribution in [2.75, 3.05) is 0 Å². The van der Waals surface area contributed by atoms with Crippen molar-refractivity contribution in [3.8, 4) is 0 Å². The fourth-order valence-corrected chi connectivity index (χ4v) is 2.22. The Hall–Kier alpha value is -1.09. The average molecular weight is 299 g/mol. The number of aryl methyl sites for hydroxylation is 1. The third-order valence-corrected chi connectivity index (χ3v) is 3.69. The Balaban J connectivity index is 2.17. The minimum atomic E-state index is -0.695. The second-order valence-corrected chi connectivity index (χ2v) is 5.29. The Kier molecular flexibility index (Phi) is 4.46. The third kappa shape index (κ3) is 3.47. The van der Waals surface area contributed by atoms with Gasteiger partial charge in [-0.3, -0.25) is 0 Å². The van der Waals surface area contributed by atoms with Gasteiger partial charge in [-0.1, -0.05) is 41.4 Å². The number of hydrogen-bond donors (Lipinski definition) is 1. The van der Waals surface area contributed by atoms with Gasteiger partial charge in [-0.15, -0.1) is 0 Å². The molecule has 1 atom stereocenters. The van der Waals surface area contributed by atoms with Crippen molar-refractivity contribution >= 4 is 23.2 Å². The van der Waals surface area contributed by atoms with Crippen LogP contribution in [0.5, 0.6) is 0 Å². The summed E-state index contributed by atoms with van der Waals surface area (Å²) in [5.41, 5.74) is 2.47. The molecular formula is C15H13Cl2FO. The van der Waals surface area contributed by atoms with Crippen molar-refractivity contribution in [3.63, 3.8) is 0 Å². The van der Waals surface area contributed by atoms with Crippen molar-refractivity contribution in [1.82, 2.24) is 0 Å². The van der Waals surface area contributed by atoms with Crippen LogP contribution in [0, 0.1) is 12.7 Å². The first-order valence-electron chi connectivity index (χ1n) is 5.85. The molecule has 0 radical (unpaired) electrons. The molecule has 2 aromatic rings. The standard InChI is InChI=1S/C15H13Cl2FO/c1-9-2-4-11(8-12(9)16)15(19)7-10-3-5-14(18)13(17)6-10/h2-6,8,15,19H,7H2,1H3. The summed E-state index contributed by atoms with van der Waals surface area (Å²) in [5, 5.41) is 10.8. The van der Waals surface area contributed by atoms with E-state index in [9.17, 15) is 9.50 Å². The van der Waals surface area contributed by atoms with Crippen LogP contribution < -0.4 is 0 Å². The number of benzene rings is 2. The second-order valence-electron chi connectivity index (χ2n) is 4.48. The number of rotatable bonds is 3. The highest BCUT2D eigenvalue weighted by molar-refractivity contribution is 6.31. The predicted molar refractivity (Wildman–Crippen MR) is 76.3 cm³/mol. The van der Waals surface area contributed by atoms with Crippen molar-refractivity contribution in [1.29, 1.82) is 0 Å². The highest BCUT2D eigenvalue weighted by atomic mass is 35.5. The van der Waals surface area contributed by atoms with Crippen LogP contribution in [0.2, 0.25) is 10.0 Å². The molecule has 1 N–H and O–H groups in total. The van der Waals surface area contributed by atoms with Crippen LogP contribution in [0.25, 0.3) is 0 Å². The molecule has 0 heterocycles. The Bertz CT molecular complexity index is 599. The van der Waals surface area contributed by atoms with Gasteiger partial charge in [-0.25, -0.2) is 4.39 Å². The molecule has 1 nitrogen and oxygen atoms in total.